The average Bonchev–Trinajstić information content (AvgIpc) is 3.09. The van der Waals surface area contributed by atoms with E-state index in [1.54, 1.807) is 23.5 Å². The van der Waals surface area contributed by atoms with Crippen LogP contribution in [0, 0.1) is 0 Å². The zero-order valence-electron chi connectivity index (χ0n) is 11.8. The third-order valence-electron chi connectivity index (χ3n) is 3.13. The highest BCUT2D eigenvalue weighted by molar-refractivity contribution is 8.15. The van der Waals surface area contributed by atoms with Gasteiger partial charge in [0, 0.05) is 0 Å². The molecule has 0 fully saturated rings. The Labute approximate surface area is 162 Å². The molecule has 0 radical (unpaired) electrons. The summed E-state index contributed by atoms with van der Waals surface area (Å²) >= 11 is 3.37. The smallest absolute Gasteiger partial charge is 0.167 e. The van der Waals surface area contributed by atoms with Gasteiger partial charge in [0.05, 0.1) is 27.2 Å². The van der Waals surface area contributed by atoms with Gasteiger partial charge in [-0.2, -0.15) is 0 Å². The van der Waals surface area contributed by atoms with Crippen molar-refractivity contribution in [1.29, 1.82) is 0 Å². The maximum absolute atomic E-state index is 4.55. The number of halogens is 2. The van der Waals surface area contributed by atoms with Gasteiger partial charge in [0.25, 0.3) is 0 Å². The summed E-state index contributed by atoms with van der Waals surface area (Å²) in [5, 5.41) is 2.75. The molecule has 2 heterocycles. The van der Waals surface area contributed by atoms with Crippen molar-refractivity contribution in [2.45, 2.75) is 10.3 Å². The number of aromatic nitrogens is 4. The van der Waals surface area contributed by atoms with Gasteiger partial charge < -0.3 is 43.9 Å². The summed E-state index contributed by atoms with van der Waals surface area (Å²) in [5.74, 6) is 0. The van der Waals surface area contributed by atoms with E-state index in [1.165, 1.54) is 0 Å². The minimum absolute atomic E-state index is 0. The third-order valence-corrected chi connectivity index (χ3v) is 5.00. The summed E-state index contributed by atoms with van der Waals surface area (Å²) < 4.78 is 0. The number of hydrogen-bond donors (Lipinski definition) is 2. The predicted octanol–water partition coefficient (Wildman–Crippen LogP) is -1.71. The Morgan fingerprint density at radius 2 is 1.13 bits per heavy atom. The summed E-state index contributed by atoms with van der Waals surface area (Å²) in [5.41, 5.74) is 4.17. The second-order valence-electron chi connectivity index (χ2n) is 4.52. The van der Waals surface area contributed by atoms with Crippen molar-refractivity contribution in [3.8, 4) is 0 Å². The number of benzene rings is 2. The third kappa shape index (κ3) is 4.12. The van der Waals surface area contributed by atoms with E-state index in [0.29, 0.717) is 0 Å². The molecule has 23 heavy (non-hydrogen) atoms. The molecule has 0 amide bonds. The molecule has 120 valence electrons. The number of nitrogens with one attached hydrogen (secondary N) is 2. The molecule has 0 aliphatic heterocycles. The fraction of sp³-hybridized carbons (Fsp3) is 0.0667. The molecular weight excluding hydrogens is 460 g/mol. The fourth-order valence-corrected chi connectivity index (χ4v) is 3.96. The van der Waals surface area contributed by atoms with Crippen LogP contribution in [-0.2, 0) is 0 Å². The molecule has 4 rings (SSSR count). The molecule has 4 aromatic rings. The Balaban J connectivity index is 0.000000960. The van der Waals surface area contributed by atoms with Gasteiger partial charge in [-0.1, -0.05) is 47.8 Å². The Kier molecular flexibility index (Phi) is 6.58. The number of H-pyrrole nitrogens is 2. The molecule has 0 saturated heterocycles. The van der Waals surface area contributed by atoms with Gasteiger partial charge in [0.15, 0.2) is 10.3 Å². The largest absolute Gasteiger partial charge is 1.00 e. The van der Waals surface area contributed by atoms with Gasteiger partial charge in [0.1, 0.15) is 0 Å². The summed E-state index contributed by atoms with van der Waals surface area (Å²) in [6.07, 6.45) is 0. The normalized spacial score (nSPS) is 10.4. The van der Waals surface area contributed by atoms with E-state index in [9.17, 15) is 0 Å². The lowest BCUT2D eigenvalue weighted by molar-refractivity contribution is -0.001000. The van der Waals surface area contributed by atoms with Crippen molar-refractivity contribution in [3.63, 3.8) is 0 Å². The topological polar surface area (TPSA) is 57.4 Å². The number of aromatic amines is 2. The fourth-order valence-electron chi connectivity index (χ4n) is 2.14. The Bertz CT molecular complexity index is 766. The van der Waals surface area contributed by atoms with Crippen LogP contribution in [0.5, 0.6) is 0 Å². The van der Waals surface area contributed by atoms with Gasteiger partial charge in [-0.25, -0.2) is 9.97 Å². The summed E-state index contributed by atoms with van der Waals surface area (Å²) in [4.78, 5) is 15.7. The van der Waals surface area contributed by atoms with Crippen LogP contribution in [0.15, 0.2) is 58.8 Å². The van der Waals surface area contributed by atoms with Crippen molar-refractivity contribution in [1.82, 2.24) is 19.9 Å². The Hall–Kier alpha value is -0.960. The van der Waals surface area contributed by atoms with Crippen molar-refractivity contribution in [2.75, 3.05) is 5.08 Å². The first-order chi connectivity index (χ1) is 10.4. The predicted molar refractivity (Wildman–Crippen MR) is 88.8 cm³/mol. The first kappa shape index (κ1) is 18.4. The van der Waals surface area contributed by atoms with E-state index < -0.39 is 0 Å². The van der Waals surface area contributed by atoms with E-state index in [4.69, 9.17) is 0 Å². The Morgan fingerprint density at radius 3 is 1.57 bits per heavy atom. The molecule has 0 aliphatic carbocycles. The van der Waals surface area contributed by atoms with Crippen LogP contribution in [0.2, 0.25) is 0 Å². The monoisotopic (exact) mass is 470 g/mol. The summed E-state index contributed by atoms with van der Waals surface area (Å²) in [6, 6.07) is 16.1. The lowest BCUT2D eigenvalue weighted by atomic mass is 10.3. The van der Waals surface area contributed by atoms with Crippen LogP contribution in [-0.4, -0.2) is 25.0 Å². The molecule has 2 N–H and O–H groups in total. The first-order valence-electron chi connectivity index (χ1n) is 6.53. The zero-order valence-corrected chi connectivity index (χ0v) is 16.6. The van der Waals surface area contributed by atoms with E-state index in [-0.39, 0.29) is 34.0 Å². The zero-order chi connectivity index (χ0) is 14.1. The maximum atomic E-state index is 4.55. The molecule has 0 unspecified atom stereocenters. The average molecular weight is 472 g/mol. The van der Waals surface area contributed by atoms with E-state index in [0.717, 1.165) is 37.5 Å². The minimum atomic E-state index is 0. The highest BCUT2D eigenvalue weighted by atomic mass is 79.9. The number of nitrogens with zero attached hydrogens (tertiary/aromatic N) is 2. The summed E-state index contributed by atoms with van der Waals surface area (Å²) in [6.45, 7) is 0. The molecule has 0 bridgehead atoms. The first-order valence-corrected chi connectivity index (χ1v) is 8.51. The highest BCUT2D eigenvalue weighted by Gasteiger charge is 2.05. The van der Waals surface area contributed by atoms with Crippen LogP contribution in [0.25, 0.3) is 22.1 Å². The van der Waals surface area contributed by atoms with Crippen molar-refractivity contribution in [2.24, 2.45) is 0 Å². The molecule has 4 nitrogen and oxygen atoms in total. The molecule has 0 spiro atoms. The maximum Gasteiger partial charge on any atom is 0.167 e. The number of rotatable bonds is 4. The lowest BCUT2D eigenvalue weighted by Crippen LogP contribution is -3.00. The highest BCUT2D eigenvalue weighted by Crippen LogP contribution is 2.27. The molecule has 0 atom stereocenters. The second kappa shape index (κ2) is 8.23. The lowest BCUT2D eigenvalue weighted by Gasteiger charge is -1.94. The second-order valence-corrected chi connectivity index (χ2v) is 6.82. The van der Waals surface area contributed by atoms with Crippen molar-refractivity contribution >= 4 is 45.6 Å². The Morgan fingerprint density at radius 1 is 0.696 bits per heavy atom. The van der Waals surface area contributed by atoms with E-state index in [2.05, 4.69) is 19.9 Å². The van der Waals surface area contributed by atoms with Gasteiger partial charge in [-0.15, -0.1) is 0 Å². The molecule has 0 aliphatic rings. The quantitative estimate of drug-likeness (QED) is 0.275. The number of thioether (sulfide) groups is 2. The number of para-hydroxylation sites is 4. The van der Waals surface area contributed by atoms with Gasteiger partial charge in [-0.05, 0) is 24.3 Å². The number of hydrogen-bond acceptors (Lipinski definition) is 4. The van der Waals surface area contributed by atoms with Crippen molar-refractivity contribution < 1.29 is 34.0 Å². The van der Waals surface area contributed by atoms with E-state index in [1.807, 2.05) is 48.5 Å². The van der Waals surface area contributed by atoms with Crippen LogP contribution < -0.4 is 34.0 Å². The summed E-state index contributed by atoms with van der Waals surface area (Å²) in [7, 11) is 0. The van der Waals surface area contributed by atoms with Gasteiger partial charge in [0.2, 0.25) is 0 Å². The minimum Gasteiger partial charge on any atom is -1.00 e. The standard InChI is InChI=1S/C15H12N4S2.2BrH/c1-2-6-11-10(5-1)16-14(17-11)20-9-21-15-18-12-7-3-4-8-13(12)19-15;;/h1-8H,9H2,(H,16,17)(H,18,19);2*1H/p-2. The molecule has 2 aromatic heterocycles. The van der Waals surface area contributed by atoms with Crippen molar-refractivity contribution in [3.05, 3.63) is 48.5 Å². The number of imidazole rings is 2. The van der Waals surface area contributed by atoms with Crippen LogP contribution in [0.3, 0.4) is 0 Å². The molecule has 2 aromatic carbocycles. The van der Waals surface area contributed by atoms with Crippen LogP contribution in [0.4, 0.5) is 0 Å². The van der Waals surface area contributed by atoms with Crippen LogP contribution >= 0.6 is 23.5 Å². The van der Waals surface area contributed by atoms with Crippen LogP contribution in [0.1, 0.15) is 0 Å². The molecule has 8 heteroatoms. The van der Waals surface area contributed by atoms with Gasteiger partial charge >= 0.3 is 0 Å². The molecular formula is C15H12Br2N4S2-2. The molecule has 0 saturated carbocycles. The number of fused-ring (bicyclic) bond motifs is 2. The SMILES string of the molecule is [Br-].[Br-].c1ccc2[nH]c(SCSc3nc4ccccc4[nH]3)nc2c1. The van der Waals surface area contributed by atoms with E-state index >= 15 is 0 Å². The van der Waals surface area contributed by atoms with Gasteiger partial charge in [-0.3, -0.25) is 0 Å².